The Hall–Kier alpha value is -5.46. The Balaban J connectivity index is 1.13. The first-order valence-corrected chi connectivity index (χ1v) is 14.5. The van der Waals surface area contributed by atoms with Crippen LogP contribution in [-0.4, -0.2) is 59.0 Å². The van der Waals surface area contributed by atoms with Crippen LogP contribution in [0, 0.1) is 5.82 Å². The monoisotopic (exact) mass is 631 g/mol. The van der Waals surface area contributed by atoms with E-state index in [4.69, 9.17) is 0 Å². The lowest BCUT2D eigenvalue weighted by molar-refractivity contribution is -0.137. The van der Waals surface area contributed by atoms with Gasteiger partial charge in [-0.15, -0.1) is 0 Å². The Kier molecular flexibility index (Phi) is 8.55. The molecule has 5 aromatic rings. The first-order chi connectivity index (χ1) is 22.2. The van der Waals surface area contributed by atoms with Gasteiger partial charge in [0.15, 0.2) is 0 Å². The largest absolute Gasteiger partial charge is 0.417 e. The van der Waals surface area contributed by atoms with E-state index in [-0.39, 0.29) is 12.0 Å². The molecule has 3 N–H and O–H groups in total. The molecular formula is C33H29F4N7O2. The quantitative estimate of drug-likeness (QED) is 0.198. The number of aromatic amines is 1. The molecule has 1 fully saturated rings. The molecule has 46 heavy (non-hydrogen) atoms. The number of anilines is 3. The lowest BCUT2D eigenvalue weighted by Crippen LogP contribution is -2.47. The van der Waals surface area contributed by atoms with Gasteiger partial charge in [0.05, 0.1) is 11.1 Å². The van der Waals surface area contributed by atoms with Gasteiger partial charge in [0.25, 0.3) is 5.91 Å². The summed E-state index contributed by atoms with van der Waals surface area (Å²) >= 11 is 0. The highest BCUT2D eigenvalue weighted by Crippen LogP contribution is 2.30. The molecule has 6 rings (SSSR count). The number of para-hydroxylation sites is 1. The van der Waals surface area contributed by atoms with Crippen LogP contribution in [0.15, 0.2) is 91.5 Å². The number of aromatic nitrogens is 3. The number of rotatable bonds is 8. The van der Waals surface area contributed by atoms with Gasteiger partial charge in [0.2, 0.25) is 5.91 Å². The van der Waals surface area contributed by atoms with E-state index in [9.17, 15) is 22.8 Å². The molecule has 1 unspecified atom stereocenters. The maximum Gasteiger partial charge on any atom is 0.417 e. The van der Waals surface area contributed by atoms with Crippen molar-refractivity contribution in [2.45, 2.75) is 18.6 Å². The van der Waals surface area contributed by atoms with Crippen LogP contribution in [0.5, 0.6) is 0 Å². The third kappa shape index (κ3) is 6.77. The van der Waals surface area contributed by atoms with Gasteiger partial charge in [0, 0.05) is 79.7 Å². The minimum atomic E-state index is -4.46. The molecule has 1 aliphatic rings. The molecule has 0 aliphatic carbocycles. The number of halogens is 4. The molecule has 2 aromatic carbocycles. The van der Waals surface area contributed by atoms with Gasteiger partial charge < -0.3 is 25.4 Å². The minimum Gasteiger partial charge on any atom is -0.368 e. The number of carbonyl (C=O) groups is 2. The van der Waals surface area contributed by atoms with Crippen LogP contribution in [0.3, 0.4) is 0 Å². The number of hydrogen-bond acceptors (Lipinski definition) is 6. The lowest BCUT2D eigenvalue weighted by atomic mass is 10.0. The van der Waals surface area contributed by atoms with Crippen LogP contribution in [-0.2, 0) is 17.4 Å². The van der Waals surface area contributed by atoms with Crippen molar-refractivity contribution in [1.82, 2.24) is 20.3 Å². The predicted molar refractivity (Wildman–Crippen MR) is 166 cm³/mol. The summed E-state index contributed by atoms with van der Waals surface area (Å²) in [4.78, 5) is 41.6. The molecule has 9 nitrogen and oxygen atoms in total. The summed E-state index contributed by atoms with van der Waals surface area (Å²) in [5, 5.41) is 6.41. The number of fused-ring (bicyclic) bond motifs is 1. The average molecular weight is 632 g/mol. The van der Waals surface area contributed by atoms with E-state index < -0.39 is 35.4 Å². The molecule has 236 valence electrons. The second-order valence-corrected chi connectivity index (χ2v) is 10.9. The smallest absolute Gasteiger partial charge is 0.368 e. The zero-order valence-electron chi connectivity index (χ0n) is 24.4. The van der Waals surface area contributed by atoms with Crippen molar-refractivity contribution in [3.05, 3.63) is 114 Å². The van der Waals surface area contributed by atoms with Gasteiger partial charge in [-0.1, -0.05) is 18.2 Å². The number of hydrogen-bond donors (Lipinski definition) is 3. The van der Waals surface area contributed by atoms with E-state index in [0.29, 0.717) is 43.4 Å². The summed E-state index contributed by atoms with van der Waals surface area (Å²) in [6, 6.07) is 16.5. The van der Waals surface area contributed by atoms with Gasteiger partial charge in [-0.2, -0.15) is 13.2 Å². The van der Waals surface area contributed by atoms with E-state index in [2.05, 4.69) is 25.6 Å². The van der Waals surface area contributed by atoms with Gasteiger partial charge >= 0.3 is 6.18 Å². The number of piperazine rings is 1. The number of alkyl halides is 3. The summed E-state index contributed by atoms with van der Waals surface area (Å²) in [6.45, 7) is 1.86. The maximum absolute atomic E-state index is 15.4. The topological polar surface area (TPSA) is 106 Å². The standard InChI is InChI=1S/C33H29F4N7O2/c34-27-18-24(43-13-15-44(16-14-43)30-8-5-22(20-40-30)33(35,36)37)6-7-26(27)31(45)42-29(32(46)41-23-9-11-38-12-10-23)17-21-19-39-28-4-2-1-3-25(21)28/h1-12,18-20,29,39H,13-17H2,(H,42,45)(H,38,41,46). The van der Waals surface area contributed by atoms with Crippen LogP contribution in [0.4, 0.5) is 34.8 Å². The van der Waals surface area contributed by atoms with Crippen molar-refractivity contribution in [1.29, 1.82) is 0 Å². The lowest BCUT2D eigenvalue weighted by Gasteiger charge is -2.36. The molecule has 3 aromatic heterocycles. The third-order valence-electron chi connectivity index (χ3n) is 7.91. The second kappa shape index (κ2) is 12.9. The zero-order chi connectivity index (χ0) is 32.3. The summed E-state index contributed by atoms with van der Waals surface area (Å²) in [5.41, 5.74) is 1.73. The zero-order valence-corrected chi connectivity index (χ0v) is 24.4. The Morgan fingerprint density at radius 1 is 0.935 bits per heavy atom. The van der Waals surface area contributed by atoms with Gasteiger partial charge in [-0.3, -0.25) is 14.6 Å². The summed E-state index contributed by atoms with van der Waals surface area (Å²) in [7, 11) is 0. The highest BCUT2D eigenvalue weighted by atomic mass is 19.4. The van der Waals surface area contributed by atoms with Crippen molar-refractivity contribution < 1.29 is 27.2 Å². The molecule has 0 spiro atoms. The Morgan fingerprint density at radius 2 is 1.67 bits per heavy atom. The van der Waals surface area contributed by atoms with Crippen molar-refractivity contribution in [3.63, 3.8) is 0 Å². The number of benzene rings is 2. The normalized spacial score (nSPS) is 14.3. The fraction of sp³-hybridized carbons (Fsp3) is 0.212. The van der Waals surface area contributed by atoms with Gasteiger partial charge in [-0.25, -0.2) is 9.37 Å². The number of carbonyl (C=O) groups excluding carboxylic acids is 2. The Morgan fingerprint density at radius 3 is 2.37 bits per heavy atom. The fourth-order valence-corrected chi connectivity index (χ4v) is 5.45. The van der Waals surface area contributed by atoms with Crippen LogP contribution in [0.25, 0.3) is 10.9 Å². The van der Waals surface area contributed by atoms with Crippen LogP contribution >= 0.6 is 0 Å². The highest BCUT2D eigenvalue weighted by Gasteiger charge is 2.31. The van der Waals surface area contributed by atoms with E-state index in [0.717, 1.165) is 28.7 Å². The predicted octanol–water partition coefficient (Wildman–Crippen LogP) is 5.42. The molecule has 1 saturated heterocycles. The number of nitrogens with one attached hydrogen (secondary N) is 3. The number of H-pyrrole nitrogens is 1. The Labute approximate surface area is 261 Å². The van der Waals surface area contributed by atoms with E-state index in [1.165, 1.54) is 30.6 Å². The van der Waals surface area contributed by atoms with Gasteiger partial charge in [0.1, 0.15) is 17.7 Å². The second-order valence-electron chi connectivity index (χ2n) is 10.9. The SMILES string of the molecule is O=C(NC(Cc1c[nH]c2ccccc12)C(=O)Nc1ccncc1)c1ccc(N2CCN(c3ccc(C(F)(F)F)cn3)CC2)cc1F. The number of amides is 2. The van der Waals surface area contributed by atoms with Crippen molar-refractivity contribution in [2.75, 3.05) is 41.3 Å². The minimum absolute atomic E-state index is 0.157. The summed E-state index contributed by atoms with van der Waals surface area (Å²) < 4.78 is 54.0. The van der Waals surface area contributed by atoms with E-state index in [1.54, 1.807) is 24.4 Å². The fourth-order valence-electron chi connectivity index (χ4n) is 5.45. The average Bonchev–Trinajstić information content (AvgIpc) is 3.47. The third-order valence-corrected chi connectivity index (χ3v) is 7.91. The number of nitrogens with zero attached hydrogens (tertiary/aromatic N) is 4. The van der Waals surface area contributed by atoms with Crippen LogP contribution in [0.1, 0.15) is 21.5 Å². The first-order valence-electron chi connectivity index (χ1n) is 14.5. The van der Waals surface area contributed by atoms with Crippen molar-refractivity contribution >= 4 is 39.9 Å². The first kappa shape index (κ1) is 30.6. The van der Waals surface area contributed by atoms with Crippen LogP contribution < -0.4 is 20.4 Å². The molecule has 0 radical (unpaired) electrons. The molecule has 13 heteroatoms. The Bertz CT molecular complexity index is 1840. The highest BCUT2D eigenvalue weighted by molar-refractivity contribution is 6.02. The molecule has 0 saturated carbocycles. The molecule has 1 aliphatic heterocycles. The van der Waals surface area contributed by atoms with Crippen LogP contribution in [0.2, 0.25) is 0 Å². The summed E-state index contributed by atoms with van der Waals surface area (Å²) in [5.74, 6) is -1.53. The van der Waals surface area contributed by atoms with E-state index >= 15 is 4.39 Å². The molecule has 1 atom stereocenters. The van der Waals surface area contributed by atoms with Gasteiger partial charge in [-0.05, 0) is 54.1 Å². The van der Waals surface area contributed by atoms with E-state index in [1.807, 2.05) is 34.1 Å². The molecular weight excluding hydrogens is 602 g/mol. The van der Waals surface area contributed by atoms with Crippen molar-refractivity contribution in [2.24, 2.45) is 0 Å². The van der Waals surface area contributed by atoms with Crippen molar-refractivity contribution in [3.8, 4) is 0 Å². The number of pyridine rings is 2. The molecule has 2 amide bonds. The molecule has 0 bridgehead atoms. The molecule has 4 heterocycles. The summed E-state index contributed by atoms with van der Waals surface area (Å²) in [6.07, 6.45) is 1.37. The maximum atomic E-state index is 15.4.